The molecule has 0 fully saturated rings. The molecule has 0 saturated heterocycles. The summed E-state index contributed by atoms with van der Waals surface area (Å²) in [5.41, 5.74) is 8.76. The van der Waals surface area contributed by atoms with Crippen LogP contribution in [0.2, 0.25) is 0 Å². The van der Waals surface area contributed by atoms with Crippen LogP contribution in [0.3, 0.4) is 0 Å². The molecular weight excluding hydrogens is 436 g/mol. The Labute approximate surface area is 201 Å². The standard InChI is InChI=1S/C20H14N4.C9H8O2/c1-2-14-10-16-5-6-18(23-16)12-20-8-7-19(24-20)11-17-4-3-15(22-17)9-13(1)21-14;10-9(11)7-6-8-4-2-1-3-5-8/h1-12,21-22H;1-7H,(H,10,11). The van der Waals surface area contributed by atoms with Crippen LogP contribution in [0, 0.1) is 0 Å². The van der Waals surface area contributed by atoms with Gasteiger partial charge in [0.15, 0.2) is 0 Å². The van der Waals surface area contributed by atoms with E-state index in [2.05, 4.69) is 50.3 Å². The lowest BCUT2D eigenvalue weighted by Crippen LogP contribution is -1.85. The first-order valence-corrected chi connectivity index (χ1v) is 11.1. The van der Waals surface area contributed by atoms with E-state index in [1.165, 1.54) is 0 Å². The van der Waals surface area contributed by atoms with E-state index in [0.29, 0.717) is 0 Å². The average molecular weight is 459 g/mol. The molecule has 3 aromatic heterocycles. The number of aromatic nitrogens is 4. The second-order valence-electron chi connectivity index (χ2n) is 7.99. The normalized spacial score (nSPS) is 11.9. The molecule has 0 spiro atoms. The number of fused-ring (bicyclic) bond motifs is 8. The highest BCUT2D eigenvalue weighted by atomic mass is 16.4. The van der Waals surface area contributed by atoms with Crippen LogP contribution in [0.15, 0.2) is 84.9 Å². The Morgan fingerprint density at radius 2 is 1.09 bits per heavy atom. The number of rotatable bonds is 2. The van der Waals surface area contributed by atoms with Crippen LogP contribution in [0.5, 0.6) is 0 Å². The van der Waals surface area contributed by atoms with Gasteiger partial charge in [-0.25, -0.2) is 14.8 Å². The first-order valence-electron chi connectivity index (χ1n) is 11.1. The molecule has 2 aliphatic heterocycles. The minimum absolute atomic E-state index is 0.898. The first-order chi connectivity index (χ1) is 17.1. The van der Waals surface area contributed by atoms with Crippen LogP contribution in [0.25, 0.3) is 52.4 Å². The molecule has 3 N–H and O–H groups in total. The number of benzene rings is 1. The SMILES string of the molecule is C1=Cc2cc3ccc(cc4ccc(cc5nc(cc1n2)C=C5)[nH]4)[nH]3.O=C(O)C=Cc1ccccc1. The number of H-pyrrole nitrogens is 2. The monoisotopic (exact) mass is 458 g/mol. The van der Waals surface area contributed by atoms with Gasteiger partial charge in [-0.3, -0.25) is 0 Å². The minimum atomic E-state index is -0.922. The number of hydrogen-bond acceptors (Lipinski definition) is 3. The maximum absolute atomic E-state index is 10.1. The largest absolute Gasteiger partial charge is 0.478 e. The molecule has 6 nitrogen and oxygen atoms in total. The van der Waals surface area contributed by atoms with Gasteiger partial charge in [0, 0.05) is 28.1 Å². The fourth-order valence-electron chi connectivity index (χ4n) is 3.68. The fraction of sp³-hybridized carbons (Fsp3) is 0. The number of carboxylic acids is 1. The summed E-state index contributed by atoms with van der Waals surface area (Å²) < 4.78 is 0. The van der Waals surface area contributed by atoms with Gasteiger partial charge >= 0.3 is 5.97 Å². The summed E-state index contributed by atoms with van der Waals surface area (Å²) in [5.74, 6) is -0.922. The molecule has 5 heterocycles. The molecule has 170 valence electrons. The number of carbonyl (C=O) groups is 1. The van der Waals surface area contributed by atoms with Gasteiger partial charge in [-0.2, -0.15) is 0 Å². The van der Waals surface area contributed by atoms with E-state index in [9.17, 15) is 4.79 Å². The quantitative estimate of drug-likeness (QED) is 0.260. The zero-order valence-electron chi connectivity index (χ0n) is 18.7. The Morgan fingerprint density at radius 3 is 1.57 bits per heavy atom. The zero-order valence-corrected chi connectivity index (χ0v) is 18.7. The molecule has 0 atom stereocenters. The first kappa shape index (κ1) is 21.9. The maximum Gasteiger partial charge on any atom is 0.328 e. The fourth-order valence-corrected chi connectivity index (χ4v) is 3.68. The number of carboxylic acid groups (broad SMARTS) is 1. The molecule has 0 saturated carbocycles. The van der Waals surface area contributed by atoms with E-state index in [-0.39, 0.29) is 0 Å². The summed E-state index contributed by atoms with van der Waals surface area (Å²) in [4.78, 5) is 26.1. The molecule has 4 aromatic rings. The summed E-state index contributed by atoms with van der Waals surface area (Å²) in [5, 5.41) is 8.29. The third kappa shape index (κ3) is 5.89. The lowest BCUT2D eigenvalue weighted by Gasteiger charge is -1.87. The van der Waals surface area contributed by atoms with Gasteiger partial charge < -0.3 is 15.1 Å². The summed E-state index contributed by atoms with van der Waals surface area (Å²) >= 11 is 0. The second-order valence-corrected chi connectivity index (χ2v) is 7.99. The van der Waals surface area contributed by atoms with Crippen LogP contribution in [0.1, 0.15) is 28.3 Å². The number of hydrogen-bond donors (Lipinski definition) is 3. The van der Waals surface area contributed by atoms with E-state index in [1.807, 2.05) is 72.8 Å². The van der Waals surface area contributed by atoms with Gasteiger partial charge in [0.1, 0.15) is 0 Å². The number of nitrogens with zero attached hydrogens (tertiary/aromatic N) is 2. The van der Waals surface area contributed by atoms with Crippen molar-refractivity contribution in [2.75, 3.05) is 0 Å². The van der Waals surface area contributed by atoms with Gasteiger partial charge in [-0.1, -0.05) is 30.3 Å². The molecule has 0 unspecified atom stereocenters. The molecular formula is C29H22N4O2. The Bertz CT molecular complexity index is 1530. The third-order valence-corrected chi connectivity index (χ3v) is 5.26. The van der Waals surface area contributed by atoms with E-state index >= 15 is 0 Å². The predicted octanol–water partition coefficient (Wildman–Crippen LogP) is 6.44. The van der Waals surface area contributed by atoms with E-state index in [1.54, 1.807) is 6.08 Å². The van der Waals surface area contributed by atoms with Crippen molar-refractivity contribution in [3.8, 4) is 0 Å². The molecule has 0 radical (unpaired) electrons. The summed E-state index contributed by atoms with van der Waals surface area (Å²) in [6.45, 7) is 0. The van der Waals surface area contributed by atoms with Gasteiger partial charge in [0.2, 0.25) is 0 Å². The van der Waals surface area contributed by atoms with Crippen molar-refractivity contribution >= 4 is 58.4 Å². The van der Waals surface area contributed by atoms with Crippen molar-refractivity contribution in [2.24, 2.45) is 0 Å². The lowest BCUT2D eigenvalue weighted by molar-refractivity contribution is -0.131. The van der Waals surface area contributed by atoms with Crippen molar-refractivity contribution in [2.45, 2.75) is 0 Å². The highest BCUT2D eigenvalue weighted by molar-refractivity contribution is 5.85. The van der Waals surface area contributed by atoms with Crippen LogP contribution in [0.4, 0.5) is 0 Å². The molecule has 6 rings (SSSR count). The summed E-state index contributed by atoms with van der Waals surface area (Å²) in [7, 11) is 0. The Morgan fingerprint density at radius 1 is 0.629 bits per heavy atom. The van der Waals surface area contributed by atoms with Crippen molar-refractivity contribution in [3.05, 3.63) is 113 Å². The second kappa shape index (κ2) is 9.89. The molecule has 8 bridgehead atoms. The van der Waals surface area contributed by atoms with E-state index in [4.69, 9.17) is 5.11 Å². The lowest BCUT2D eigenvalue weighted by atomic mass is 10.2. The average Bonchev–Trinajstić information content (AvgIpc) is 3.65. The Hall–Kier alpha value is -4.97. The van der Waals surface area contributed by atoms with Crippen molar-refractivity contribution in [1.29, 1.82) is 0 Å². The molecule has 6 heteroatoms. The molecule has 2 aliphatic rings. The van der Waals surface area contributed by atoms with Gasteiger partial charge in [0.25, 0.3) is 0 Å². The number of nitrogens with one attached hydrogen (secondary N) is 2. The molecule has 0 aliphatic carbocycles. The topological polar surface area (TPSA) is 94.7 Å². The van der Waals surface area contributed by atoms with Crippen molar-refractivity contribution in [3.63, 3.8) is 0 Å². The maximum atomic E-state index is 10.1. The molecule has 0 amide bonds. The van der Waals surface area contributed by atoms with Crippen LogP contribution in [-0.2, 0) is 4.79 Å². The van der Waals surface area contributed by atoms with E-state index in [0.717, 1.165) is 56.5 Å². The highest BCUT2D eigenvalue weighted by Gasteiger charge is 2.02. The Balaban J connectivity index is 0.000000195. The van der Waals surface area contributed by atoms with Crippen molar-refractivity contribution in [1.82, 2.24) is 19.9 Å². The van der Waals surface area contributed by atoms with Gasteiger partial charge in [-0.05, 0) is 84.5 Å². The Kier molecular flexibility index (Phi) is 6.17. The van der Waals surface area contributed by atoms with Crippen LogP contribution >= 0.6 is 0 Å². The smallest absolute Gasteiger partial charge is 0.328 e. The minimum Gasteiger partial charge on any atom is -0.478 e. The molecule has 35 heavy (non-hydrogen) atoms. The third-order valence-electron chi connectivity index (χ3n) is 5.26. The van der Waals surface area contributed by atoms with Crippen molar-refractivity contribution < 1.29 is 9.90 Å². The zero-order chi connectivity index (χ0) is 24.0. The van der Waals surface area contributed by atoms with Gasteiger partial charge in [0.05, 0.1) is 22.8 Å². The van der Waals surface area contributed by atoms with E-state index < -0.39 is 5.97 Å². The molecule has 1 aromatic carbocycles. The van der Waals surface area contributed by atoms with Gasteiger partial charge in [-0.15, -0.1) is 0 Å². The number of aliphatic carboxylic acids is 1. The number of aromatic amines is 2. The summed E-state index contributed by atoms with van der Waals surface area (Å²) in [6, 6.07) is 25.7. The summed E-state index contributed by atoms with van der Waals surface area (Å²) in [6.07, 6.45) is 10.7. The van der Waals surface area contributed by atoms with Crippen LogP contribution < -0.4 is 0 Å². The predicted molar refractivity (Wildman–Crippen MR) is 142 cm³/mol. The highest BCUT2D eigenvalue weighted by Crippen LogP contribution is 2.17. The van der Waals surface area contributed by atoms with Crippen LogP contribution in [-0.4, -0.2) is 31.0 Å².